The van der Waals surface area contributed by atoms with Crippen molar-refractivity contribution >= 4 is 29.0 Å². The Morgan fingerprint density at radius 1 is 1.15 bits per heavy atom. The Bertz CT molecular complexity index is 1140. The molecular weight excluding hydrogens is 370 g/mol. The summed E-state index contributed by atoms with van der Waals surface area (Å²) in [7, 11) is 0. The van der Waals surface area contributed by atoms with Crippen molar-refractivity contribution in [2.75, 3.05) is 0 Å². The van der Waals surface area contributed by atoms with E-state index in [0.717, 1.165) is 11.1 Å². The first-order valence-electron chi connectivity index (χ1n) is 7.88. The Morgan fingerprint density at radius 3 is 2.77 bits per heavy atom. The van der Waals surface area contributed by atoms with Crippen LogP contribution in [-0.2, 0) is 5.75 Å². The molecule has 0 saturated carbocycles. The summed E-state index contributed by atoms with van der Waals surface area (Å²) in [6.45, 7) is 1.94. The van der Waals surface area contributed by atoms with Gasteiger partial charge >= 0.3 is 0 Å². The van der Waals surface area contributed by atoms with E-state index in [9.17, 15) is 4.79 Å². The van der Waals surface area contributed by atoms with Crippen molar-refractivity contribution in [2.24, 2.45) is 0 Å². The van der Waals surface area contributed by atoms with Gasteiger partial charge in [0.25, 0.3) is 5.56 Å². The van der Waals surface area contributed by atoms with Gasteiger partial charge in [0.05, 0.1) is 5.69 Å². The van der Waals surface area contributed by atoms with E-state index in [1.807, 2.05) is 31.2 Å². The smallest absolute Gasteiger partial charge is 0.258 e. The molecule has 0 radical (unpaired) electrons. The fourth-order valence-electron chi connectivity index (χ4n) is 2.52. The number of hydrogen-bond donors (Lipinski definition) is 1. The van der Waals surface area contributed by atoms with Crippen LogP contribution >= 0.6 is 23.4 Å². The second-order valence-electron chi connectivity index (χ2n) is 5.78. The van der Waals surface area contributed by atoms with Gasteiger partial charge in [0.2, 0.25) is 5.16 Å². The molecule has 4 aromatic rings. The molecule has 0 amide bonds. The van der Waals surface area contributed by atoms with E-state index in [0.29, 0.717) is 33.1 Å². The van der Waals surface area contributed by atoms with E-state index >= 15 is 0 Å². The number of pyridine rings is 1. The van der Waals surface area contributed by atoms with Crippen molar-refractivity contribution in [3.8, 4) is 11.4 Å². The standard InChI is InChI=1S/C18H14ClN5OS/c1-11-2-7-15-20-14(8-16(25)24(15)9-11)10-26-18-21-17(22-23-18)12-3-5-13(19)6-4-12/h2-9H,10H2,1H3,(H,21,22,23). The molecule has 8 heteroatoms. The average molecular weight is 384 g/mol. The third kappa shape index (κ3) is 3.49. The maximum absolute atomic E-state index is 12.2. The van der Waals surface area contributed by atoms with Crippen LogP contribution in [0, 0.1) is 6.92 Å². The number of aromatic amines is 1. The molecule has 0 aliphatic rings. The lowest BCUT2D eigenvalue weighted by atomic mass is 10.2. The van der Waals surface area contributed by atoms with Crippen LogP contribution in [0.5, 0.6) is 0 Å². The lowest BCUT2D eigenvalue weighted by Crippen LogP contribution is -2.15. The highest BCUT2D eigenvalue weighted by molar-refractivity contribution is 7.98. The van der Waals surface area contributed by atoms with Crippen LogP contribution in [0.3, 0.4) is 0 Å². The molecule has 6 nitrogen and oxygen atoms in total. The predicted octanol–water partition coefficient (Wildman–Crippen LogP) is 3.73. The molecule has 0 aliphatic heterocycles. The molecule has 26 heavy (non-hydrogen) atoms. The molecule has 3 aromatic heterocycles. The van der Waals surface area contributed by atoms with Gasteiger partial charge in [-0.15, -0.1) is 5.10 Å². The number of fused-ring (bicyclic) bond motifs is 1. The Balaban J connectivity index is 1.52. The zero-order chi connectivity index (χ0) is 18.1. The van der Waals surface area contributed by atoms with Gasteiger partial charge in [0.15, 0.2) is 5.82 Å². The summed E-state index contributed by atoms with van der Waals surface area (Å²) in [6, 6.07) is 12.7. The molecule has 3 heterocycles. The summed E-state index contributed by atoms with van der Waals surface area (Å²) in [5.74, 6) is 1.18. The van der Waals surface area contributed by atoms with Gasteiger partial charge in [0, 0.05) is 28.6 Å². The van der Waals surface area contributed by atoms with Crippen LogP contribution in [0.4, 0.5) is 0 Å². The molecule has 130 valence electrons. The van der Waals surface area contributed by atoms with Gasteiger partial charge in [-0.25, -0.2) is 9.97 Å². The molecule has 1 N–H and O–H groups in total. The molecule has 0 bridgehead atoms. The zero-order valence-corrected chi connectivity index (χ0v) is 15.4. The minimum atomic E-state index is -0.0915. The summed E-state index contributed by atoms with van der Waals surface area (Å²) >= 11 is 7.32. The van der Waals surface area contributed by atoms with Gasteiger partial charge in [-0.05, 0) is 42.8 Å². The van der Waals surface area contributed by atoms with Crippen molar-refractivity contribution in [3.63, 3.8) is 0 Å². The van der Waals surface area contributed by atoms with E-state index in [2.05, 4.69) is 20.2 Å². The zero-order valence-electron chi connectivity index (χ0n) is 13.8. The van der Waals surface area contributed by atoms with Gasteiger partial charge in [-0.2, -0.15) is 0 Å². The molecule has 0 fully saturated rings. The average Bonchev–Trinajstić information content (AvgIpc) is 3.10. The fraction of sp³-hybridized carbons (Fsp3) is 0.111. The number of aryl methyl sites for hydroxylation is 1. The second kappa shape index (κ2) is 6.93. The molecule has 0 aliphatic carbocycles. The Labute approximate surface area is 158 Å². The molecule has 4 rings (SSSR count). The lowest BCUT2D eigenvalue weighted by molar-refractivity contribution is 0.967. The van der Waals surface area contributed by atoms with Gasteiger partial charge < -0.3 is 0 Å². The topological polar surface area (TPSA) is 75.9 Å². The summed E-state index contributed by atoms with van der Waals surface area (Å²) in [6.07, 6.45) is 1.79. The number of nitrogens with zero attached hydrogens (tertiary/aromatic N) is 4. The van der Waals surface area contributed by atoms with E-state index in [-0.39, 0.29) is 5.56 Å². The van der Waals surface area contributed by atoms with Gasteiger partial charge in [-0.3, -0.25) is 14.3 Å². The first-order valence-corrected chi connectivity index (χ1v) is 9.25. The molecule has 0 saturated heterocycles. The quantitative estimate of drug-likeness (QED) is 0.543. The minimum Gasteiger partial charge on any atom is -0.269 e. The highest BCUT2D eigenvalue weighted by atomic mass is 35.5. The van der Waals surface area contributed by atoms with Crippen LogP contribution in [0.2, 0.25) is 5.02 Å². The monoisotopic (exact) mass is 383 g/mol. The van der Waals surface area contributed by atoms with Crippen LogP contribution in [-0.4, -0.2) is 24.6 Å². The maximum atomic E-state index is 12.2. The third-order valence-electron chi connectivity index (χ3n) is 3.79. The van der Waals surface area contributed by atoms with Crippen LogP contribution in [0.1, 0.15) is 11.3 Å². The molecular formula is C18H14ClN5OS. The molecule has 0 spiro atoms. The van der Waals surface area contributed by atoms with Crippen molar-refractivity contribution in [1.82, 2.24) is 24.6 Å². The van der Waals surface area contributed by atoms with Crippen LogP contribution < -0.4 is 5.56 Å². The van der Waals surface area contributed by atoms with Crippen molar-refractivity contribution in [2.45, 2.75) is 17.8 Å². The second-order valence-corrected chi connectivity index (χ2v) is 7.16. The van der Waals surface area contributed by atoms with Gasteiger partial charge in [-0.1, -0.05) is 29.4 Å². The van der Waals surface area contributed by atoms with E-state index < -0.39 is 0 Å². The number of rotatable bonds is 4. The highest BCUT2D eigenvalue weighted by Gasteiger charge is 2.08. The fourth-order valence-corrected chi connectivity index (χ4v) is 3.34. The Morgan fingerprint density at radius 2 is 1.96 bits per heavy atom. The van der Waals surface area contributed by atoms with Crippen molar-refractivity contribution in [3.05, 3.63) is 75.3 Å². The summed E-state index contributed by atoms with van der Waals surface area (Å²) in [4.78, 5) is 21.2. The molecule has 1 aromatic carbocycles. The maximum Gasteiger partial charge on any atom is 0.258 e. The SMILES string of the molecule is Cc1ccc2nc(CSc3n[nH]c(-c4ccc(Cl)cc4)n3)cc(=O)n2c1. The predicted molar refractivity (Wildman–Crippen MR) is 103 cm³/mol. The summed E-state index contributed by atoms with van der Waals surface area (Å²) in [5, 5.41) is 8.39. The Hall–Kier alpha value is -2.64. The largest absolute Gasteiger partial charge is 0.269 e. The van der Waals surface area contributed by atoms with Crippen molar-refractivity contribution < 1.29 is 0 Å². The number of halogens is 1. The number of H-pyrrole nitrogens is 1. The third-order valence-corrected chi connectivity index (χ3v) is 4.93. The number of nitrogens with one attached hydrogen (secondary N) is 1. The normalized spacial score (nSPS) is 11.2. The number of aromatic nitrogens is 5. The van der Waals surface area contributed by atoms with E-state index in [4.69, 9.17) is 11.6 Å². The summed E-state index contributed by atoms with van der Waals surface area (Å²) < 4.78 is 1.55. The van der Waals surface area contributed by atoms with Gasteiger partial charge in [0.1, 0.15) is 5.65 Å². The van der Waals surface area contributed by atoms with E-state index in [1.54, 1.807) is 28.8 Å². The lowest BCUT2D eigenvalue weighted by Gasteiger charge is -2.03. The Kier molecular flexibility index (Phi) is 4.48. The van der Waals surface area contributed by atoms with Crippen LogP contribution in [0.25, 0.3) is 17.0 Å². The van der Waals surface area contributed by atoms with E-state index in [1.165, 1.54) is 11.8 Å². The number of thioether (sulfide) groups is 1. The molecule has 0 atom stereocenters. The highest BCUT2D eigenvalue weighted by Crippen LogP contribution is 2.22. The summed E-state index contributed by atoms with van der Waals surface area (Å²) in [5.41, 5.74) is 3.16. The minimum absolute atomic E-state index is 0.0915. The number of benzene rings is 1. The van der Waals surface area contributed by atoms with Crippen molar-refractivity contribution in [1.29, 1.82) is 0 Å². The first-order chi connectivity index (χ1) is 12.6. The molecule has 0 unspecified atom stereocenters. The first kappa shape index (κ1) is 16.8. The number of hydrogen-bond acceptors (Lipinski definition) is 5. The van der Waals surface area contributed by atoms with Crippen LogP contribution in [0.15, 0.2) is 58.6 Å².